The highest BCUT2D eigenvalue weighted by Gasteiger charge is 2.55. The largest absolute Gasteiger partial charge is 0.417 e. The van der Waals surface area contributed by atoms with E-state index < -0.39 is 11.7 Å². The Morgan fingerprint density at radius 3 is 2.15 bits per heavy atom. The van der Waals surface area contributed by atoms with Gasteiger partial charge >= 0.3 is 6.18 Å². The molecular weight excluding hydrogens is 1210 g/mol. The van der Waals surface area contributed by atoms with E-state index >= 15 is 0 Å². The predicted molar refractivity (Wildman–Crippen MR) is 391 cm³/mol. The number of alkyl halides is 3. The number of amides is 1. The number of rotatable bonds is 13. The van der Waals surface area contributed by atoms with Gasteiger partial charge in [-0.05, 0) is 164 Å². The molecule has 7 aliphatic rings. The molecule has 3 saturated heterocycles. The summed E-state index contributed by atoms with van der Waals surface area (Å²) in [7, 11) is 4.37. The molecule has 8 rings (SSSR count). The van der Waals surface area contributed by atoms with Gasteiger partial charge in [-0.15, -0.1) is 0 Å². The molecule has 1 amide bonds. The third kappa shape index (κ3) is 22.4. The highest BCUT2D eigenvalue weighted by atomic mass is 35.5. The summed E-state index contributed by atoms with van der Waals surface area (Å²) in [5.41, 5.74) is 3.42. The van der Waals surface area contributed by atoms with E-state index in [1.165, 1.54) is 113 Å². The van der Waals surface area contributed by atoms with Crippen molar-refractivity contribution < 1.29 is 18.0 Å². The van der Waals surface area contributed by atoms with Crippen LogP contribution in [0.3, 0.4) is 0 Å². The van der Waals surface area contributed by atoms with Crippen molar-refractivity contribution in [2.45, 2.75) is 296 Å². The Bertz CT molecular complexity index is 2620. The Balaban J connectivity index is 1.12. The van der Waals surface area contributed by atoms with Crippen LogP contribution in [-0.2, 0) is 17.4 Å². The van der Waals surface area contributed by atoms with E-state index in [1.807, 2.05) is 24.7 Å². The summed E-state index contributed by atoms with van der Waals surface area (Å²) in [6.07, 6.45) is 36.8. The lowest BCUT2D eigenvalue weighted by Crippen LogP contribution is -2.76. The fraction of sp³-hybridized carbons (Fsp3) is 0.795. The molecule has 1 spiro atoms. The van der Waals surface area contributed by atoms with Crippen molar-refractivity contribution in [3.8, 4) is 0 Å². The Hall–Kier alpha value is -3.64. The Kier molecular flexibility index (Phi) is 30.6. The topological polar surface area (TPSA) is 118 Å². The van der Waals surface area contributed by atoms with E-state index in [0.717, 1.165) is 127 Å². The number of hydrogen-bond acceptors (Lipinski definition) is 12. The summed E-state index contributed by atoms with van der Waals surface area (Å²) < 4.78 is 41.3. The number of likely N-dealkylation sites (tertiary alicyclic amines) is 1. The molecule has 11 atom stereocenters. The average molecular weight is 1350 g/mol. The molecular formula is C78H132ClF3N12O. The second kappa shape index (κ2) is 37.7. The molecule has 1 aromatic carbocycles. The summed E-state index contributed by atoms with van der Waals surface area (Å²) in [5.74, 6) is 3.03. The van der Waals surface area contributed by atoms with Crippen molar-refractivity contribution in [3.63, 3.8) is 0 Å². The quantitative estimate of drug-likeness (QED) is 0.113. The predicted octanol–water partition coefficient (Wildman–Crippen LogP) is 15.3. The van der Waals surface area contributed by atoms with Crippen LogP contribution in [0.5, 0.6) is 0 Å². The number of halogens is 4. The van der Waals surface area contributed by atoms with Crippen molar-refractivity contribution in [3.05, 3.63) is 82.8 Å². The first-order valence-corrected chi connectivity index (χ1v) is 38.8. The van der Waals surface area contributed by atoms with E-state index in [4.69, 9.17) is 16.6 Å². The molecule has 3 saturated carbocycles. The zero-order valence-corrected chi connectivity index (χ0v) is 62.1. The molecule has 3 aliphatic carbocycles. The van der Waals surface area contributed by atoms with Gasteiger partial charge in [-0.25, -0.2) is 0 Å². The number of fused-ring (bicyclic) bond motifs is 2. The molecule has 6 N–H and O–H groups in total. The lowest BCUT2D eigenvalue weighted by molar-refractivity contribution is -0.162. The fourth-order valence-electron chi connectivity index (χ4n) is 17.9. The van der Waals surface area contributed by atoms with Gasteiger partial charge in [0.05, 0.1) is 16.5 Å². The number of carbonyl (C=O) groups excluding carboxylic acids is 1. The number of aliphatic imine (C=N–C) groups is 1. The Morgan fingerprint density at radius 1 is 0.789 bits per heavy atom. The lowest BCUT2D eigenvalue weighted by Gasteiger charge is -2.60. The van der Waals surface area contributed by atoms with Gasteiger partial charge in [0.1, 0.15) is 0 Å². The second-order valence-electron chi connectivity index (χ2n) is 31.6. The number of allylic oxidation sites excluding steroid dienone is 3. The van der Waals surface area contributed by atoms with Gasteiger partial charge in [0.2, 0.25) is 5.91 Å². The number of piperidine rings is 1. The van der Waals surface area contributed by atoms with Crippen LogP contribution < -0.4 is 31.9 Å². The maximum absolute atomic E-state index is 14.9. The Morgan fingerprint density at radius 2 is 1.48 bits per heavy atom. The van der Waals surface area contributed by atoms with Gasteiger partial charge in [-0.2, -0.15) is 13.2 Å². The number of nitrogens with zero attached hydrogens (tertiary/aromatic N) is 6. The second-order valence-corrected chi connectivity index (χ2v) is 32.0. The van der Waals surface area contributed by atoms with Crippen LogP contribution in [0.1, 0.15) is 234 Å². The van der Waals surface area contributed by atoms with E-state index in [1.54, 1.807) is 0 Å². The molecule has 0 radical (unpaired) electrons. The van der Waals surface area contributed by atoms with Crippen molar-refractivity contribution in [2.75, 3.05) is 66.5 Å². The third-order valence-corrected chi connectivity index (χ3v) is 23.8. The maximum Gasteiger partial charge on any atom is 0.417 e. The molecule has 95 heavy (non-hydrogen) atoms. The molecule has 0 aromatic heterocycles. The number of nitrogens with one attached hydrogen (secondary N) is 6. The number of benzene rings is 1. The molecule has 4 aliphatic heterocycles. The van der Waals surface area contributed by atoms with Crippen LogP contribution in [0.15, 0.2) is 71.7 Å². The summed E-state index contributed by atoms with van der Waals surface area (Å²) >= 11 is 6.24. The smallest absolute Gasteiger partial charge is 0.390 e. The first-order valence-electron chi connectivity index (χ1n) is 38.4. The minimum atomic E-state index is -4.52. The molecule has 1 aromatic rings. The monoisotopic (exact) mass is 1350 g/mol. The van der Waals surface area contributed by atoms with Crippen LogP contribution in [0.4, 0.5) is 13.2 Å². The van der Waals surface area contributed by atoms with Crippen LogP contribution in [0.2, 0.25) is 5.02 Å². The van der Waals surface area contributed by atoms with Gasteiger partial charge in [0.15, 0.2) is 0 Å². The van der Waals surface area contributed by atoms with E-state index in [2.05, 4.69) is 152 Å². The van der Waals surface area contributed by atoms with Crippen LogP contribution in [-0.4, -0.2) is 162 Å². The first-order chi connectivity index (χ1) is 45.5. The number of carbonyl (C=O) groups is 1. The van der Waals surface area contributed by atoms with Crippen LogP contribution in [0.25, 0.3) is 0 Å². The number of aryl methyl sites for hydroxylation is 1. The van der Waals surface area contributed by atoms with Crippen molar-refractivity contribution in [1.82, 2.24) is 56.4 Å². The summed E-state index contributed by atoms with van der Waals surface area (Å²) in [6, 6.07) is 6.10. The van der Waals surface area contributed by atoms with E-state index in [-0.39, 0.29) is 58.8 Å². The molecule has 4 heterocycles. The minimum absolute atomic E-state index is 0.0415. The summed E-state index contributed by atoms with van der Waals surface area (Å²) in [5, 5.41) is 24.3. The van der Waals surface area contributed by atoms with Gasteiger partial charge < -0.3 is 51.5 Å². The molecule has 13 nitrogen and oxygen atoms in total. The number of hydrogen-bond donors (Lipinski definition) is 6. The fourth-order valence-corrected chi connectivity index (χ4v) is 18.2. The molecule has 5 unspecified atom stereocenters. The van der Waals surface area contributed by atoms with Crippen LogP contribution >= 0.6 is 11.6 Å². The zero-order valence-electron chi connectivity index (χ0n) is 61.3. The maximum atomic E-state index is 14.9. The molecule has 6 fully saturated rings. The first kappa shape index (κ1) is 77.1. The molecule has 17 heteroatoms. The van der Waals surface area contributed by atoms with Crippen molar-refractivity contribution >= 4 is 23.2 Å². The van der Waals surface area contributed by atoms with E-state index in [9.17, 15) is 18.0 Å². The van der Waals surface area contributed by atoms with Gasteiger partial charge in [0.25, 0.3) is 0 Å². The average Bonchev–Trinajstić information content (AvgIpc) is 0.982. The highest BCUT2D eigenvalue weighted by Crippen LogP contribution is 2.42. The Labute approximate surface area is 580 Å². The zero-order chi connectivity index (χ0) is 68.2. The van der Waals surface area contributed by atoms with E-state index in [0.29, 0.717) is 61.0 Å². The van der Waals surface area contributed by atoms with Gasteiger partial charge in [0, 0.05) is 168 Å². The van der Waals surface area contributed by atoms with Gasteiger partial charge in [-0.3, -0.25) is 14.7 Å². The molecule has 0 bridgehead atoms. The van der Waals surface area contributed by atoms with Gasteiger partial charge in [-0.1, -0.05) is 143 Å². The highest BCUT2D eigenvalue weighted by molar-refractivity contribution is 6.31. The van der Waals surface area contributed by atoms with Crippen LogP contribution in [0, 0.1) is 35.5 Å². The minimum Gasteiger partial charge on any atom is -0.390 e. The summed E-state index contributed by atoms with van der Waals surface area (Å²) in [4.78, 5) is 32.3. The molecule has 538 valence electrons. The summed E-state index contributed by atoms with van der Waals surface area (Å²) in [6.45, 7) is 30.9. The van der Waals surface area contributed by atoms with Crippen molar-refractivity contribution in [2.24, 2.45) is 40.5 Å². The third-order valence-electron chi connectivity index (χ3n) is 23.5. The van der Waals surface area contributed by atoms with Crippen molar-refractivity contribution in [1.29, 1.82) is 0 Å². The lowest BCUT2D eigenvalue weighted by atomic mass is 9.74. The normalized spacial score (nSPS) is 30.1. The standard InChI is InChI=1S/C78H132ClF3N12O/c1-13-57(6)71-50-87-70(46-55(2)3)58(7)86-51-73-74(76(95)92-42-23-16-24-43-92)61(10)94(73)75(56(4)5)60(9)89-77(36-21-22-37-77)54-84-40-39-83-38-35-65(33-31-64-32-34-68(69(79)48-64)78(80,81)82)85-41-45-90(11)52-67(47-62-26-17-14-18-27-62)91(12)53-66-30-25-44-93(66)72(59(8)88-71)49-63-28-19-15-20-29-63/h32,34-35,38,41,45,48,52-53,55-63,70-75,83-84,86-89H,13-31,33,36-37,39-40,42-44,46-47,49-51,54H2,1-12H3/t57-,58?,59?,60?,61?,70-,71+,72-,73?,74-,75-/m0/s1. The SMILES string of the molecule is CC[C@H](C)[C@H]1CN[C@@H](CC(C)C)C(C)NCC2[C@@H](C(=O)N3CCCCC3)C(C)N2[C@@H](C(C)C)C(C)NC2(CCCC2)CNCCNC=CC(CCc2ccc(C(F)(F)F)c(Cl)c2)=NC=CN(C)C=C(CC2CCCCC2)N(C)C=C2CCCN2[C@@H](CC2CCCCC2)C(C)N1.